The number of ether oxygens (including phenoxy) is 1. The predicted octanol–water partition coefficient (Wildman–Crippen LogP) is 2.23. The Labute approximate surface area is 108 Å². The first-order chi connectivity index (χ1) is 8.06. The second-order valence-electron chi connectivity index (χ2n) is 5.62. The molecule has 0 aromatic rings. The minimum Gasteiger partial charge on any atom is -0.383 e. The van der Waals surface area contributed by atoms with Crippen molar-refractivity contribution < 1.29 is 4.74 Å². The van der Waals surface area contributed by atoms with E-state index in [2.05, 4.69) is 37.9 Å². The van der Waals surface area contributed by atoms with Gasteiger partial charge in [0.25, 0.3) is 0 Å². The molecule has 17 heavy (non-hydrogen) atoms. The molecule has 0 fully saturated rings. The van der Waals surface area contributed by atoms with E-state index in [0.717, 1.165) is 51.2 Å². The standard InChI is InChI=1S/C14H32N2O/c1-13(2)6-7-15-8-9-16(10-11-17-5)12-14(3)4/h13-15H,6-12H2,1-5H3. The highest BCUT2D eigenvalue weighted by Crippen LogP contribution is 1.99. The molecule has 0 atom stereocenters. The largest absolute Gasteiger partial charge is 0.383 e. The van der Waals surface area contributed by atoms with Crippen LogP contribution in [0.15, 0.2) is 0 Å². The number of nitrogens with zero attached hydrogens (tertiary/aromatic N) is 1. The Bertz CT molecular complexity index is 160. The monoisotopic (exact) mass is 244 g/mol. The third-order valence-corrected chi connectivity index (χ3v) is 2.74. The smallest absolute Gasteiger partial charge is 0.0589 e. The van der Waals surface area contributed by atoms with Crippen molar-refractivity contribution in [1.82, 2.24) is 10.2 Å². The minimum absolute atomic E-state index is 0.725. The van der Waals surface area contributed by atoms with Crippen molar-refractivity contribution in [3.8, 4) is 0 Å². The SMILES string of the molecule is COCCN(CCNCCC(C)C)CC(C)C. The first-order valence-corrected chi connectivity index (χ1v) is 6.98. The second kappa shape index (κ2) is 11.0. The average molecular weight is 244 g/mol. The fourth-order valence-corrected chi connectivity index (χ4v) is 1.78. The fraction of sp³-hybridized carbons (Fsp3) is 1.00. The molecule has 0 saturated carbocycles. The van der Waals surface area contributed by atoms with Crippen LogP contribution in [0.2, 0.25) is 0 Å². The Hall–Kier alpha value is -0.120. The molecule has 0 aliphatic heterocycles. The molecule has 0 radical (unpaired) electrons. The van der Waals surface area contributed by atoms with Crippen LogP contribution in [-0.2, 0) is 4.74 Å². The number of hydrogen-bond acceptors (Lipinski definition) is 3. The van der Waals surface area contributed by atoms with Crippen molar-refractivity contribution in [3.63, 3.8) is 0 Å². The first kappa shape index (κ1) is 16.9. The molecular formula is C14H32N2O. The summed E-state index contributed by atoms with van der Waals surface area (Å²) in [5, 5.41) is 3.51. The molecule has 3 heteroatoms. The quantitative estimate of drug-likeness (QED) is 0.564. The van der Waals surface area contributed by atoms with Crippen LogP contribution in [0, 0.1) is 11.8 Å². The molecule has 0 bridgehead atoms. The van der Waals surface area contributed by atoms with Crippen LogP contribution >= 0.6 is 0 Å². The van der Waals surface area contributed by atoms with Gasteiger partial charge in [-0.2, -0.15) is 0 Å². The Kier molecular flexibility index (Phi) is 10.9. The van der Waals surface area contributed by atoms with Crippen LogP contribution in [0.5, 0.6) is 0 Å². The van der Waals surface area contributed by atoms with Gasteiger partial charge in [-0.15, -0.1) is 0 Å². The number of hydrogen-bond donors (Lipinski definition) is 1. The van der Waals surface area contributed by atoms with Crippen LogP contribution in [0.3, 0.4) is 0 Å². The molecule has 0 rings (SSSR count). The highest BCUT2D eigenvalue weighted by atomic mass is 16.5. The van der Waals surface area contributed by atoms with Gasteiger partial charge in [0.1, 0.15) is 0 Å². The summed E-state index contributed by atoms with van der Waals surface area (Å²) in [4.78, 5) is 2.48. The maximum absolute atomic E-state index is 5.15. The van der Waals surface area contributed by atoms with Gasteiger partial charge in [0.2, 0.25) is 0 Å². The molecule has 1 N–H and O–H groups in total. The summed E-state index contributed by atoms with van der Waals surface area (Å²) in [7, 11) is 1.77. The molecule has 0 aliphatic rings. The zero-order valence-corrected chi connectivity index (χ0v) is 12.5. The summed E-state index contributed by atoms with van der Waals surface area (Å²) >= 11 is 0. The van der Waals surface area contributed by atoms with Crippen molar-refractivity contribution >= 4 is 0 Å². The Morgan fingerprint density at radius 2 is 1.71 bits per heavy atom. The van der Waals surface area contributed by atoms with Gasteiger partial charge in [0.05, 0.1) is 6.61 Å². The second-order valence-corrected chi connectivity index (χ2v) is 5.62. The summed E-state index contributed by atoms with van der Waals surface area (Å²) < 4.78 is 5.15. The number of rotatable bonds is 11. The van der Waals surface area contributed by atoms with E-state index in [-0.39, 0.29) is 0 Å². The van der Waals surface area contributed by atoms with Crippen LogP contribution in [0.25, 0.3) is 0 Å². The maximum Gasteiger partial charge on any atom is 0.0589 e. The fourth-order valence-electron chi connectivity index (χ4n) is 1.78. The van der Waals surface area contributed by atoms with E-state index in [9.17, 15) is 0 Å². The van der Waals surface area contributed by atoms with Crippen molar-refractivity contribution in [1.29, 1.82) is 0 Å². The Morgan fingerprint density at radius 3 is 2.24 bits per heavy atom. The highest BCUT2D eigenvalue weighted by molar-refractivity contribution is 4.62. The van der Waals surface area contributed by atoms with Gasteiger partial charge in [0, 0.05) is 33.3 Å². The lowest BCUT2D eigenvalue weighted by atomic mass is 10.1. The molecular weight excluding hydrogens is 212 g/mol. The summed E-state index contributed by atoms with van der Waals surface area (Å²) in [6.07, 6.45) is 1.27. The number of nitrogens with one attached hydrogen (secondary N) is 1. The molecule has 0 amide bonds. The Morgan fingerprint density at radius 1 is 1.00 bits per heavy atom. The van der Waals surface area contributed by atoms with E-state index in [4.69, 9.17) is 4.74 Å². The van der Waals surface area contributed by atoms with Gasteiger partial charge < -0.3 is 10.1 Å². The van der Waals surface area contributed by atoms with Crippen LogP contribution < -0.4 is 5.32 Å². The highest BCUT2D eigenvalue weighted by Gasteiger charge is 2.06. The lowest BCUT2D eigenvalue weighted by Gasteiger charge is -2.24. The van der Waals surface area contributed by atoms with Gasteiger partial charge in [-0.05, 0) is 24.8 Å². The Balaban J connectivity index is 3.60. The summed E-state index contributed by atoms with van der Waals surface area (Å²) in [5.41, 5.74) is 0. The van der Waals surface area contributed by atoms with Gasteiger partial charge in [-0.1, -0.05) is 27.7 Å². The van der Waals surface area contributed by atoms with Gasteiger partial charge in [-0.3, -0.25) is 4.90 Å². The predicted molar refractivity (Wildman–Crippen MR) is 75.5 cm³/mol. The third-order valence-electron chi connectivity index (χ3n) is 2.74. The molecule has 0 aromatic carbocycles. The van der Waals surface area contributed by atoms with E-state index in [1.165, 1.54) is 6.42 Å². The summed E-state index contributed by atoms with van der Waals surface area (Å²) in [5.74, 6) is 1.52. The normalized spacial score (nSPS) is 12.0. The molecule has 104 valence electrons. The lowest BCUT2D eigenvalue weighted by molar-refractivity contribution is 0.140. The van der Waals surface area contributed by atoms with Crippen LogP contribution in [0.1, 0.15) is 34.1 Å². The topological polar surface area (TPSA) is 24.5 Å². The van der Waals surface area contributed by atoms with E-state index in [1.807, 2.05) is 0 Å². The minimum atomic E-state index is 0.725. The van der Waals surface area contributed by atoms with E-state index >= 15 is 0 Å². The molecule has 0 saturated heterocycles. The van der Waals surface area contributed by atoms with Crippen molar-refractivity contribution in [2.45, 2.75) is 34.1 Å². The van der Waals surface area contributed by atoms with Crippen molar-refractivity contribution in [2.75, 3.05) is 46.4 Å². The lowest BCUT2D eigenvalue weighted by Crippen LogP contribution is -2.37. The van der Waals surface area contributed by atoms with Crippen LogP contribution in [0.4, 0.5) is 0 Å². The molecule has 0 unspecified atom stereocenters. The molecule has 3 nitrogen and oxygen atoms in total. The van der Waals surface area contributed by atoms with E-state index in [1.54, 1.807) is 7.11 Å². The summed E-state index contributed by atoms with van der Waals surface area (Å²) in [6, 6.07) is 0. The van der Waals surface area contributed by atoms with Gasteiger partial charge in [-0.25, -0.2) is 0 Å². The van der Waals surface area contributed by atoms with E-state index in [0.29, 0.717) is 0 Å². The molecule has 0 heterocycles. The van der Waals surface area contributed by atoms with E-state index < -0.39 is 0 Å². The molecule has 0 spiro atoms. The van der Waals surface area contributed by atoms with Crippen LogP contribution in [-0.4, -0.2) is 51.3 Å². The number of methoxy groups -OCH3 is 1. The van der Waals surface area contributed by atoms with Gasteiger partial charge >= 0.3 is 0 Å². The molecule has 0 aromatic heterocycles. The maximum atomic E-state index is 5.15. The van der Waals surface area contributed by atoms with Gasteiger partial charge in [0.15, 0.2) is 0 Å². The third kappa shape index (κ3) is 12.1. The zero-order chi connectivity index (χ0) is 13.1. The summed E-state index contributed by atoms with van der Waals surface area (Å²) in [6.45, 7) is 15.5. The zero-order valence-electron chi connectivity index (χ0n) is 12.5. The first-order valence-electron chi connectivity index (χ1n) is 6.98. The average Bonchev–Trinajstić information content (AvgIpc) is 2.23. The van der Waals surface area contributed by atoms with Crippen molar-refractivity contribution in [2.24, 2.45) is 11.8 Å². The molecule has 0 aliphatic carbocycles. The van der Waals surface area contributed by atoms with Crippen molar-refractivity contribution in [3.05, 3.63) is 0 Å².